The highest BCUT2D eigenvalue weighted by molar-refractivity contribution is 5.75. The summed E-state index contributed by atoms with van der Waals surface area (Å²) in [7, 11) is 3.23. The molecule has 17 heavy (non-hydrogen) atoms. The van der Waals surface area contributed by atoms with Gasteiger partial charge in [-0.05, 0) is 19.3 Å². The highest BCUT2D eigenvalue weighted by Gasteiger charge is 2.29. The second kappa shape index (κ2) is 6.44. The molecule has 2 unspecified atom stereocenters. The number of nitrogens with one attached hydrogen (secondary N) is 1. The molecule has 2 atom stereocenters. The van der Waals surface area contributed by atoms with Gasteiger partial charge in [-0.3, -0.25) is 4.79 Å². The van der Waals surface area contributed by atoms with E-state index >= 15 is 0 Å². The van der Waals surface area contributed by atoms with Crippen molar-refractivity contribution in [2.24, 2.45) is 0 Å². The van der Waals surface area contributed by atoms with E-state index in [9.17, 15) is 9.59 Å². The topological polar surface area (TPSA) is 78.9 Å². The molecule has 0 bridgehead atoms. The molecule has 1 fully saturated rings. The Bertz CT molecular complexity index is 283. The van der Waals surface area contributed by atoms with Crippen LogP contribution >= 0.6 is 0 Å². The largest absolute Gasteiger partial charge is 0.481 e. The van der Waals surface area contributed by atoms with Crippen LogP contribution in [0.1, 0.15) is 25.7 Å². The number of rotatable bonds is 5. The number of urea groups is 1. The summed E-state index contributed by atoms with van der Waals surface area (Å²) in [6.07, 6.45) is 2.95. The molecule has 2 amide bonds. The number of hydrogen-bond donors (Lipinski definition) is 2. The molecule has 0 spiro atoms. The Morgan fingerprint density at radius 2 is 2.18 bits per heavy atom. The molecule has 1 aliphatic rings. The standard InChI is InChI=1S/C11H20N2O4/c1-13(7-6-10(14)15)11(16)12-8-4-3-5-9(8)17-2/h8-9H,3-7H2,1-2H3,(H,12,16)(H,14,15). The van der Waals surface area contributed by atoms with Crippen molar-refractivity contribution in [1.29, 1.82) is 0 Å². The molecule has 2 N–H and O–H groups in total. The minimum Gasteiger partial charge on any atom is -0.481 e. The molecule has 0 saturated heterocycles. The minimum absolute atomic E-state index is 0.0394. The van der Waals surface area contributed by atoms with E-state index < -0.39 is 5.97 Å². The number of ether oxygens (including phenoxy) is 1. The molecule has 1 saturated carbocycles. The Hall–Kier alpha value is -1.30. The average Bonchev–Trinajstić information content (AvgIpc) is 2.72. The maximum atomic E-state index is 11.7. The molecule has 0 aromatic carbocycles. The van der Waals surface area contributed by atoms with Crippen molar-refractivity contribution in [2.45, 2.75) is 37.8 Å². The number of aliphatic carboxylic acids is 1. The number of hydrogen-bond acceptors (Lipinski definition) is 3. The van der Waals surface area contributed by atoms with E-state index in [1.807, 2.05) is 0 Å². The molecule has 0 aliphatic heterocycles. The van der Waals surface area contributed by atoms with Gasteiger partial charge in [0.15, 0.2) is 0 Å². The third kappa shape index (κ3) is 4.22. The van der Waals surface area contributed by atoms with Gasteiger partial charge < -0.3 is 20.1 Å². The SMILES string of the molecule is COC1CCCC1NC(=O)N(C)CCC(=O)O. The van der Waals surface area contributed by atoms with Gasteiger partial charge in [0.25, 0.3) is 0 Å². The molecule has 1 aliphatic carbocycles. The normalized spacial score (nSPS) is 23.4. The molecule has 0 aromatic heterocycles. The second-order valence-electron chi connectivity index (χ2n) is 4.33. The maximum absolute atomic E-state index is 11.7. The first kappa shape index (κ1) is 13.8. The fourth-order valence-corrected chi connectivity index (χ4v) is 2.01. The van der Waals surface area contributed by atoms with Crippen molar-refractivity contribution in [3.63, 3.8) is 0 Å². The summed E-state index contributed by atoms with van der Waals surface area (Å²) in [5, 5.41) is 11.4. The Labute approximate surface area is 101 Å². The molecule has 0 heterocycles. The van der Waals surface area contributed by atoms with Crippen LogP contribution in [0.3, 0.4) is 0 Å². The van der Waals surface area contributed by atoms with Crippen molar-refractivity contribution in [1.82, 2.24) is 10.2 Å². The van der Waals surface area contributed by atoms with E-state index in [0.29, 0.717) is 0 Å². The number of methoxy groups -OCH3 is 1. The minimum atomic E-state index is -0.903. The first-order valence-corrected chi connectivity index (χ1v) is 5.80. The summed E-state index contributed by atoms with van der Waals surface area (Å²) in [5.74, 6) is -0.903. The van der Waals surface area contributed by atoms with Gasteiger partial charge in [-0.15, -0.1) is 0 Å². The highest BCUT2D eigenvalue weighted by Crippen LogP contribution is 2.21. The van der Waals surface area contributed by atoms with Gasteiger partial charge in [-0.2, -0.15) is 0 Å². The van der Waals surface area contributed by atoms with Crippen LogP contribution in [0.25, 0.3) is 0 Å². The van der Waals surface area contributed by atoms with Gasteiger partial charge in [0.2, 0.25) is 0 Å². The Balaban J connectivity index is 2.34. The van der Waals surface area contributed by atoms with Gasteiger partial charge in [-0.25, -0.2) is 4.79 Å². The molecule has 6 nitrogen and oxygen atoms in total. The second-order valence-corrected chi connectivity index (χ2v) is 4.33. The predicted octanol–water partition coefficient (Wildman–Crippen LogP) is 0.670. The molecule has 0 aromatic rings. The Morgan fingerprint density at radius 3 is 2.76 bits per heavy atom. The zero-order valence-corrected chi connectivity index (χ0v) is 10.3. The zero-order chi connectivity index (χ0) is 12.8. The molecule has 6 heteroatoms. The number of carboxylic acids is 1. The quantitative estimate of drug-likeness (QED) is 0.745. The third-order valence-corrected chi connectivity index (χ3v) is 3.07. The van der Waals surface area contributed by atoms with Crippen LogP contribution in [0, 0.1) is 0 Å². The van der Waals surface area contributed by atoms with Crippen LogP contribution in [0.2, 0.25) is 0 Å². The zero-order valence-electron chi connectivity index (χ0n) is 10.3. The lowest BCUT2D eigenvalue weighted by Gasteiger charge is -2.23. The number of nitrogens with zero attached hydrogens (tertiary/aromatic N) is 1. The summed E-state index contributed by atoms with van der Waals surface area (Å²) in [6.45, 7) is 0.214. The van der Waals surface area contributed by atoms with Crippen molar-refractivity contribution >= 4 is 12.0 Å². The van der Waals surface area contributed by atoms with E-state index in [1.54, 1.807) is 14.2 Å². The summed E-state index contributed by atoms with van der Waals surface area (Å²) < 4.78 is 5.28. The molecular formula is C11H20N2O4. The van der Waals surface area contributed by atoms with Crippen LogP contribution in [0.5, 0.6) is 0 Å². The van der Waals surface area contributed by atoms with E-state index in [0.717, 1.165) is 19.3 Å². The highest BCUT2D eigenvalue weighted by atomic mass is 16.5. The molecule has 1 rings (SSSR count). The first-order chi connectivity index (χ1) is 8.04. The first-order valence-electron chi connectivity index (χ1n) is 5.80. The van der Waals surface area contributed by atoms with E-state index in [2.05, 4.69) is 5.32 Å². The van der Waals surface area contributed by atoms with Gasteiger partial charge in [0.1, 0.15) is 0 Å². The lowest BCUT2D eigenvalue weighted by Crippen LogP contribution is -2.47. The third-order valence-electron chi connectivity index (χ3n) is 3.07. The van der Waals surface area contributed by atoms with E-state index in [1.165, 1.54) is 4.90 Å². The monoisotopic (exact) mass is 244 g/mol. The lowest BCUT2D eigenvalue weighted by molar-refractivity contribution is -0.137. The molecular weight excluding hydrogens is 224 g/mol. The summed E-state index contributed by atoms with van der Waals surface area (Å²) >= 11 is 0. The van der Waals surface area contributed by atoms with Gasteiger partial charge >= 0.3 is 12.0 Å². The number of carboxylic acid groups (broad SMARTS) is 1. The smallest absolute Gasteiger partial charge is 0.317 e. The maximum Gasteiger partial charge on any atom is 0.317 e. The van der Waals surface area contributed by atoms with E-state index in [-0.39, 0.29) is 31.1 Å². The summed E-state index contributed by atoms with van der Waals surface area (Å²) in [5.41, 5.74) is 0. The Morgan fingerprint density at radius 1 is 1.47 bits per heavy atom. The average molecular weight is 244 g/mol. The van der Waals surface area contributed by atoms with Crippen LogP contribution < -0.4 is 5.32 Å². The fourth-order valence-electron chi connectivity index (χ4n) is 2.01. The van der Waals surface area contributed by atoms with Gasteiger partial charge in [-0.1, -0.05) is 0 Å². The van der Waals surface area contributed by atoms with Gasteiger partial charge in [0.05, 0.1) is 18.6 Å². The summed E-state index contributed by atoms with van der Waals surface area (Å²) in [4.78, 5) is 23.5. The van der Waals surface area contributed by atoms with Crippen LogP contribution in [-0.2, 0) is 9.53 Å². The van der Waals surface area contributed by atoms with Crippen molar-refractivity contribution in [3.05, 3.63) is 0 Å². The van der Waals surface area contributed by atoms with Crippen LogP contribution in [0.15, 0.2) is 0 Å². The van der Waals surface area contributed by atoms with E-state index in [4.69, 9.17) is 9.84 Å². The van der Waals surface area contributed by atoms with Crippen LogP contribution in [0.4, 0.5) is 4.79 Å². The van der Waals surface area contributed by atoms with Crippen molar-refractivity contribution in [2.75, 3.05) is 20.7 Å². The van der Waals surface area contributed by atoms with Gasteiger partial charge in [0, 0.05) is 20.7 Å². The Kier molecular flexibility index (Phi) is 5.21. The number of amides is 2. The molecule has 0 radical (unpaired) electrons. The van der Waals surface area contributed by atoms with Crippen molar-refractivity contribution < 1.29 is 19.4 Å². The van der Waals surface area contributed by atoms with Crippen LogP contribution in [-0.4, -0.2) is 54.9 Å². The number of carbonyl (C=O) groups excluding carboxylic acids is 1. The van der Waals surface area contributed by atoms with Crippen molar-refractivity contribution in [3.8, 4) is 0 Å². The summed E-state index contributed by atoms with van der Waals surface area (Å²) in [6, 6.07) is -0.194. The fraction of sp³-hybridized carbons (Fsp3) is 0.818. The molecule has 98 valence electrons. The number of carbonyl (C=O) groups is 2. The predicted molar refractivity (Wildman–Crippen MR) is 61.9 cm³/mol. The lowest BCUT2D eigenvalue weighted by atomic mass is 10.2.